The number of nitrogens with zero attached hydrogens (tertiary/aromatic N) is 3. The number of H-pyrrole nitrogens is 1. The molecule has 0 atom stereocenters. The molecule has 0 aliphatic heterocycles. The molecular weight excluding hydrogens is 214 g/mol. The molecule has 0 aliphatic rings. The van der Waals surface area contributed by atoms with Gasteiger partial charge in [-0.3, -0.25) is 0 Å². The molecule has 2 heterocycles. The lowest BCUT2D eigenvalue weighted by molar-refractivity contribution is 0.903. The van der Waals surface area contributed by atoms with Gasteiger partial charge in [-0.05, 0) is 13.3 Å². The average molecular weight is 231 g/mol. The highest BCUT2D eigenvalue weighted by molar-refractivity contribution is 5.36. The van der Waals surface area contributed by atoms with Crippen LogP contribution >= 0.6 is 0 Å². The zero-order valence-corrected chi connectivity index (χ0v) is 10.2. The van der Waals surface area contributed by atoms with Crippen molar-refractivity contribution >= 4 is 5.82 Å². The van der Waals surface area contributed by atoms with Crippen molar-refractivity contribution in [1.82, 2.24) is 19.9 Å². The molecule has 5 heteroatoms. The van der Waals surface area contributed by atoms with Gasteiger partial charge < -0.3 is 10.3 Å². The first kappa shape index (κ1) is 11.6. The lowest BCUT2D eigenvalue weighted by Crippen LogP contribution is -2.09. The summed E-state index contributed by atoms with van der Waals surface area (Å²) in [5, 5.41) is 3.29. The van der Waals surface area contributed by atoms with Crippen LogP contribution in [-0.4, -0.2) is 26.5 Å². The predicted molar refractivity (Wildman–Crippen MR) is 66.9 cm³/mol. The van der Waals surface area contributed by atoms with E-state index in [0.29, 0.717) is 0 Å². The Hall–Kier alpha value is -1.91. The first-order valence-corrected chi connectivity index (χ1v) is 5.84. The maximum atomic E-state index is 4.35. The number of nitrogens with one attached hydrogen (secondary N) is 2. The van der Waals surface area contributed by atoms with E-state index in [4.69, 9.17) is 0 Å². The lowest BCUT2D eigenvalue weighted by Gasteiger charge is -2.06. The van der Waals surface area contributed by atoms with Crippen LogP contribution < -0.4 is 5.32 Å². The molecule has 0 radical (unpaired) electrons. The third kappa shape index (κ3) is 3.27. The van der Waals surface area contributed by atoms with Crippen LogP contribution in [0.5, 0.6) is 0 Å². The summed E-state index contributed by atoms with van der Waals surface area (Å²) in [7, 11) is 0. The van der Waals surface area contributed by atoms with Gasteiger partial charge >= 0.3 is 0 Å². The highest BCUT2D eigenvalue weighted by Crippen LogP contribution is 2.07. The second kappa shape index (κ2) is 5.43. The van der Waals surface area contributed by atoms with Crippen LogP contribution in [0.1, 0.15) is 24.3 Å². The Labute approximate surface area is 101 Å². The van der Waals surface area contributed by atoms with Crippen molar-refractivity contribution in [1.29, 1.82) is 0 Å². The molecular formula is C12H17N5. The zero-order valence-electron chi connectivity index (χ0n) is 10.2. The zero-order chi connectivity index (χ0) is 12.1. The van der Waals surface area contributed by atoms with Crippen molar-refractivity contribution in [2.45, 2.75) is 26.7 Å². The fourth-order valence-electron chi connectivity index (χ4n) is 1.64. The molecule has 17 heavy (non-hydrogen) atoms. The van der Waals surface area contributed by atoms with Crippen molar-refractivity contribution in [3.05, 3.63) is 35.8 Å². The van der Waals surface area contributed by atoms with Gasteiger partial charge in [0.15, 0.2) is 0 Å². The van der Waals surface area contributed by atoms with E-state index in [0.717, 1.165) is 42.5 Å². The molecule has 5 nitrogen and oxygen atoms in total. The topological polar surface area (TPSA) is 66.5 Å². The minimum atomic E-state index is 0.810. The smallest absolute Gasteiger partial charge is 0.129 e. The maximum Gasteiger partial charge on any atom is 0.129 e. The van der Waals surface area contributed by atoms with Crippen LogP contribution in [0.25, 0.3) is 0 Å². The van der Waals surface area contributed by atoms with Crippen molar-refractivity contribution < 1.29 is 0 Å². The van der Waals surface area contributed by atoms with Crippen molar-refractivity contribution in [2.75, 3.05) is 11.9 Å². The van der Waals surface area contributed by atoms with E-state index in [-0.39, 0.29) is 0 Å². The fourth-order valence-corrected chi connectivity index (χ4v) is 1.64. The van der Waals surface area contributed by atoms with E-state index in [9.17, 15) is 0 Å². The number of hydrogen-bond acceptors (Lipinski definition) is 4. The summed E-state index contributed by atoms with van der Waals surface area (Å²) < 4.78 is 0. The molecule has 0 unspecified atom stereocenters. The van der Waals surface area contributed by atoms with E-state index < -0.39 is 0 Å². The first-order chi connectivity index (χ1) is 8.28. The Morgan fingerprint density at radius 3 is 2.94 bits per heavy atom. The minimum absolute atomic E-state index is 0.810. The molecule has 0 spiro atoms. The van der Waals surface area contributed by atoms with E-state index in [2.05, 4.69) is 32.2 Å². The number of rotatable bonds is 5. The molecule has 2 N–H and O–H groups in total. The summed E-state index contributed by atoms with van der Waals surface area (Å²) in [6.45, 7) is 4.82. The number of aromatic nitrogens is 4. The molecule has 0 fully saturated rings. The summed E-state index contributed by atoms with van der Waals surface area (Å²) in [6.07, 6.45) is 5.38. The Morgan fingerprint density at radius 2 is 2.24 bits per heavy atom. The predicted octanol–water partition coefficient (Wildman–Crippen LogP) is 1.73. The highest BCUT2D eigenvalue weighted by Gasteiger charge is 2.00. The Kier molecular flexibility index (Phi) is 3.69. The fraction of sp³-hybridized carbons (Fsp3) is 0.417. The van der Waals surface area contributed by atoms with Crippen molar-refractivity contribution in [3.63, 3.8) is 0 Å². The molecule has 0 aromatic carbocycles. The van der Waals surface area contributed by atoms with Gasteiger partial charge in [0, 0.05) is 37.1 Å². The summed E-state index contributed by atoms with van der Waals surface area (Å²) in [5.74, 6) is 2.68. The second-order valence-corrected chi connectivity index (χ2v) is 3.86. The molecule has 0 aliphatic carbocycles. The third-order valence-electron chi connectivity index (χ3n) is 2.48. The highest BCUT2D eigenvalue weighted by atomic mass is 15.0. The van der Waals surface area contributed by atoms with Crippen LogP contribution in [0.3, 0.4) is 0 Å². The first-order valence-electron chi connectivity index (χ1n) is 5.84. The summed E-state index contributed by atoms with van der Waals surface area (Å²) >= 11 is 0. The normalized spacial score (nSPS) is 10.5. The molecule has 0 amide bonds. The summed E-state index contributed by atoms with van der Waals surface area (Å²) in [6, 6.07) is 2.00. The van der Waals surface area contributed by atoms with Gasteiger partial charge in [0.2, 0.25) is 0 Å². The molecule has 0 saturated carbocycles. The third-order valence-corrected chi connectivity index (χ3v) is 2.48. The Bertz CT molecular complexity index is 464. The van der Waals surface area contributed by atoms with Gasteiger partial charge in [0.1, 0.15) is 17.5 Å². The summed E-state index contributed by atoms with van der Waals surface area (Å²) in [4.78, 5) is 15.9. The van der Waals surface area contributed by atoms with Gasteiger partial charge in [-0.2, -0.15) is 0 Å². The van der Waals surface area contributed by atoms with E-state index in [1.807, 2.05) is 19.2 Å². The number of aromatic amines is 1. The standard InChI is InChI=1S/C12H17N5/c1-3-10-8-12(17-9(2)16-10)13-5-4-11-14-6-7-15-11/h6-8H,3-5H2,1-2H3,(H,14,15)(H,13,16,17). The number of imidazole rings is 1. The van der Waals surface area contributed by atoms with Gasteiger partial charge in [0.25, 0.3) is 0 Å². The van der Waals surface area contributed by atoms with Crippen LogP contribution in [-0.2, 0) is 12.8 Å². The quantitative estimate of drug-likeness (QED) is 0.822. The molecule has 2 aromatic rings. The monoisotopic (exact) mass is 231 g/mol. The number of aryl methyl sites for hydroxylation is 2. The van der Waals surface area contributed by atoms with E-state index in [1.165, 1.54) is 0 Å². The number of anilines is 1. The number of hydrogen-bond donors (Lipinski definition) is 2. The van der Waals surface area contributed by atoms with Gasteiger partial charge in [-0.15, -0.1) is 0 Å². The maximum absolute atomic E-state index is 4.35. The average Bonchev–Trinajstić information content (AvgIpc) is 2.81. The van der Waals surface area contributed by atoms with Gasteiger partial charge in [-0.25, -0.2) is 15.0 Å². The van der Waals surface area contributed by atoms with Crippen LogP contribution in [0, 0.1) is 6.92 Å². The van der Waals surface area contributed by atoms with Crippen LogP contribution in [0.4, 0.5) is 5.82 Å². The molecule has 2 rings (SSSR count). The van der Waals surface area contributed by atoms with Gasteiger partial charge in [0.05, 0.1) is 0 Å². The molecule has 0 saturated heterocycles. The molecule has 90 valence electrons. The summed E-state index contributed by atoms with van der Waals surface area (Å²) in [5.41, 5.74) is 1.07. The Morgan fingerprint density at radius 1 is 1.35 bits per heavy atom. The van der Waals surface area contributed by atoms with Crippen molar-refractivity contribution in [3.8, 4) is 0 Å². The van der Waals surface area contributed by atoms with Crippen LogP contribution in [0.15, 0.2) is 18.5 Å². The Balaban J connectivity index is 1.92. The SMILES string of the molecule is CCc1cc(NCCc2ncc[nH]2)nc(C)n1. The molecule has 2 aromatic heterocycles. The van der Waals surface area contributed by atoms with Crippen molar-refractivity contribution in [2.24, 2.45) is 0 Å². The minimum Gasteiger partial charge on any atom is -0.370 e. The lowest BCUT2D eigenvalue weighted by atomic mass is 10.3. The van der Waals surface area contributed by atoms with E-state index >= 15 is 0 Å². The van der Waals surface area contributed by atoms with E-state index in [1.54, 1.807) is 6.20 Å². The largest absolute Gasteiger partial charge is 0.370 e. The van der Waals surface area contributed by atoms with Gasteiger partial charge in [-0.1, -0.05) is 6.92 Å². The molecule has 0 bridgehead atoms. The van der Waals surface area contributed by atoms with Crippen LogP contribution in [0.2, 0.25) is 0 Å². The second-order valence-electron chi connectivity index (χ2n) is 3.86.